The zero-order chi connectivity index (χ0) is 22.6. The van der Waals surface area contributed by atoms with E-state index in [0.29, 0.717) is 24.6 Å². The number of guanidine groups is 1. The molecule has 10 heteroatoms. The molecule has 0 aliphatic carbocycles. The Bertz CT molecular complexity index is 905. The van der Waals surface area contributed by atoms with Gasteiger partial charge in [-0.05, 0) is 36.8 Å². The number of carbonyl (C=O) groups excluding carboxylic acids is 2. The lowest BCUT2D eigenvalue weighted by Gasteiger charge is -2.18. The minimum atomic E-state index is -0.587. The normalized spacial score (nSPS) is 11.5. The average molecular weight is 555 g/mol. The number of aliphatic imine (C=N–C) groups is 1. The molecule has 1 atom stereocenters. The van der Waals surface area contributed by atoms with Crippen LogP contribution in [-0.2, 0) is 11.3 Å². The van der Waals surface area contributed by atoms with Crippen molar-refractivity contribution in [1.29, 1.82) is 0 Å². The third-order valence-corrected chi connectivity index (χ3v) is 4.26. The second-order valence-electron chi connectivity index (χ2n) is 6.76. The highest BCUT2D eigenvalue weighted by Crippen LogP contribution is 2.19. The van der Waals surface area contributed by atoms with Crippen molar-refractivity contribution in [3.05, 3.63) is 59.7 Å². The standard InChI is InChI=1S/C22H29N5O4.HI/c1-15(31-19-6-4-5-18(11-19)30-3)12-26-22(24-2)27-13-16-7-9-17(10-8-16)21(29)25-14-20(23)28;/h4-11,15H,12-14H2,1-3H3,(H2,23,28)(H,25,29)(H2,24,26,27);1H. The molecule has 0 aliphatic heterocycles. The second kappa shape index (κ2) is 14.1. The molecule has 2 aromatic carbocycles. The molecule has 0 radical (unpaired) electrons. The molecule has 174 valence electrons. The predicted molar refractivity (Wildman–Crippen MR) is 135 cm³/mol. The number of benzene rings is 2. The number of hydrogen-bond donors (Lipinski definition) is 4. The largest absolute Gasteiger partial charge is 0.497 e. The van der Waals surface area contributed by atoms with Gasteiger partial charge in [0.05, 0.1) is 20.2 Å². The quantitative estimate of drug-likeness (QED) is 0.201. The fourth-order valence-corrected chi connectivity index (χ4v) is 2.64. The molecule has 9 nitrogen and oxygen atoms in total. The Hall–Kier alpha value is -3.02. The van der Waals surface area contributed by atoms with Crippen molar-refractivity contribution < 1.29 is 19.1 Å². The Labute approximate surface area is 205 Å². The summed E-state index contributed by atoms with van der Waals surface area (Å²) in [6.07, 6.45) is -0.0937. The number of rotatable bonds is 10. The molecule has 0 saturated carbocycles. The number of halogens is 1. The maximum absolute atomic E-state index is 11.9. The molecule has 2 amide bonds. The van der Waals surface area contributed by atoms with E-state index in [-0.39, 0.29) is 42.5 Å². The first kappa shape index (κ1) is 27.0. The summed E-state index contributed by atoms with van der Waals surface area (Å²) in [5, 5.41) is 8.88. The average Bonchev–Trinajstić information content (AvgIpc) is 2.78. The molecule has 5 N–H and O–H groups in total. The van der Waals surface area contributed by atoms with Crippen LogP contribution in [-0.4, -0.2) is 51.1 Å². The Morgan fingerprint density at radius 3 is 2.38 bits per heavy atom. The topological polar surface area (TPSA) is 127 Å². The van der Waals surface area contributed by atoms with Crippen molar-refractivity contribution in [2.75, 3.05) is 27.2 Å². The second-order valence-corrected chi connectivity index (χ2v) is 6.76. The maximum atomic E-state index is 11.9. The summed E-state index contributed by atoms with van der Waals surface area (Å²) >= 11 is 0. The zero-order valence-electron chi connectivity index (χ0n) is 18.4. The summed E-state index contributed by atoms with van der Waals surface area (Å²) in [6.45, 7) is 2.84. The smallest absolute Gasteiger partial charge is 0.251 e. The van der Waals surface area contributed by atoms with Crippen LogP contribution in [0, 0.1) is 0 Å². The summed E-state index contributed by atoms with van der Waals surface area (Å²) in [6, 6.07) is 14.5. The highest BCUT2D eigenvalue weighted by atomic mass is 127. The number of primary amides is 1. The van der Waals surface area contributed by atoms with E-state index in [9.17, 15) is 9.59 Å². The van der Waals surface area contributed by atoms with Gasteiger partial charge in [-0.2, -0.15) is 0 Å². The maximum Gasteiger partial charge on any atom is 0.251 e. The molecule has 0 heterocycles. The van der Waals surface area contributed by atoms with Crippen LogP contribution in [0.15, 0.2) is 53.5 Å². The number of ether oxygens (including phenoxy) is 2. The molecule has 0 aromatic heterocycles. The van der Waals surface area contributed by atoms with Crippen LogP contribution in [0.1, 0.15) is 22.8 Å². The lowest BCUT2D eigenvalue weighted by Crippen LogP contribution is -2.41. The first-order chi connectivity index (χ1) is 14.9. The number of amides is 2. The summed E-state index contributed by atoms with van der Waals surface area (Å²) < 4.78 is 11.1. The summed E-state index contributed by atoms with van der Waals surface area (Å²) in [5.41, 5.74) is 6.45. The number of nitrogens with two attached hydrogens (primary N) is 1. The van der Waals surface area contributed by atoms with E-state index in [4.69, 9.17) is 15.2 Å². The van der Waals surface area contributed by atoms with Crippen molar-refractivity contribution in [3.63, 3.8) is 0 Å². The van der Waals surface area contributed by atoms with Crippen LogP contribution in [0.25, 0.3) is 0 Å². The lowest BCUT2D eigenvalue weighted by atomic mass is 10.1. The first-order valence-corrected chi connectivity index (χ1v) is 9.82. The molecule has 1 unspecified atom stereocenters. The minimum Gasteiger partial charge on any atom is -0.497 e. The van der Waals surface area contributed by atoms with Crippen molar-refractivity contribution in [3.8, 4) is 11.5 Å². The van der Waals surface area contributed by atoms with E-state index >= 15 is 0 Å². The van der Waals surface area contributed by atoms with Gasteiger partial charge in [-0.3, -0.25) is 14.6 Å². The molecule has 0 fully saturated rings. The van der Waals surface area contributed by atoms with Crippen molar-refractivity contribution in [2.45, 2.75) is 19.6 Å². The zero-order valence-corrected chi connectivity index (χ0v) is 20.7. The SMILES string of the molecule is CN=C(NCc1ccc(C(=O)NCC(N)=O)cc1)NCC(C)Oc1cccc(OC)c1.I. The van der Waals surface area contributed by atoms with Gasteiger partial charge < -0.3 is 31.2 Å². The number of hydrogen-bond acceptors (Lipinski definition) is 5. The van der Waals surface area contributed by atoms with E-state index in [1.165, 1.54) is 0 Å². The van der Waals surface area contributed by atoms with Gasteiger partial charge in [0.15, 0.2) is 5.96 Å². The Morgan fingerprint density at radius 1 is 1.06 bits per heavy atom. The minimum absolute atomic E-state index is 0. The molecule has 0 saturated heterocycles. The van der Waals surface area contributed by atoms with Crippen LogP contribution in [0.3, 0.4) is 0 Å². The highest BCUT2D eigenvalue weighted by molar-refractivity contribution is 14.0. The van der Waals surface area contributed by atoms with Gasteiger partial charge in [0, 0.05) is 25.2 Å². The van der Waals surface area contributed by atoms with Crippen LogP contribution < -0.4 is 31.2 Å². The van der Waals surface area contributed by atoms with E-state index in [1.54, 1.807) is 26.3 Å². The van der Waals surface area contributed by atoms with Crippen molar-refractivity contribution >= 4 is 41.8 Å². The Balaban J connectivity index is 0.00000512. The molecular weight excluding hydrogens is 525 g/mol. The van der Waals surface area contributed by atoms with Crippen LogP contribution in [0.4, 0.5) is 0 Å². The fraction of sp³-hybridized carbons (Fsp3) is 0.318. The van der Waals surface area contributed by atoms with Gasteiger partial charge in [-0.25, -0.2) is 0 Å². The molecular formula is C22H30IN5O4. The molecule has 0 aliphatic rings. The number of nitrogens with zero attached hydrogens (tertiary/aromatic N) is 1. The van der Waals surface area contributed by atoms with Gasteiger partial charge >= 0.3 is 0 Å². The van der Waals surface area contributed by atoms with E-state index in [2.05, 4.69) is 20.9 Å². The van der Waals surface area contributed by atoms with Gasteiger partial charge in [0.2, 0.25) is 5.91 Å². The van der Waals surface area contributed by atoms with Crippen LogP contribution >= 0.6 is 24.0 Å². The molecule has 2 rings (SSSR count). The number of nitrogens with one attached hydrogen (secondary N) is 3. The molecule has 0 spiro atoms. The molecule has 0 bridgehead atoms. The number of methoxy groups -OCH3 is 1. The fourth-order valence-electron chi connectivity index (χ4n) is 2.64. The van der Waals surface area contributed by atoms with E-state index in [0.717, 1.165) is 17.1 Å². The lowest BCUT2D eigenvalue weighted by molar-refractivity contribution is -0.117. The third-order valence-electron chi connectivity index (χ3n) is 4.26. The summed E-state index contributed by atoms with van der Waals surface area (Å²) in [5.74, 6) is 1.17. The first-order valence-electron chi connectivity index (χ1n) is 9.82. The Morgan fingerprint density at radius 2 is 1.75 bits per heavy atom. The van der Waals surface area contributed by atoms with Crippen LogP contribution in [0.5, 0.6) is 11.5 Å². The van der Waals surface area contributed by atoms with Gasteiger partial charge in [0.1, 0.15) is 17.6 Å². The van der Waals surface area contributed by atoms with Gasteiger partial charge in [0.25, 0.3) is 5.91 Å². The summed E-state index contributed by atoms with van der Waals surface area (Å²) in [4.78, 5) is 26.9. The van der Waals surface area contributed by atoms with Crippen molar-refractivity contribution in [2.24, 2.45) is 10.7 Å². The molecule has 32 heavy (non-hydrogen) atoms. The summed E-state index contributed by atoms with van der Waals surface area (Å²) in [7, 11) is 3.31. The van der Waals surface area contributed by atoms with Gasteiger partial charge in [-0.1, -0.05) is 18.2 Å². The van der Waals surface area contributed by atoms with E-state index < -0.39 is 5.91 Å². The third kappa shape index (κ3) is 9.41. The highest BCUT2D eigenvalue weighted by Gasteiger charge is 2.08. The predicted octanol–water partition coefficient (Wildman–Crippen LogP) is 1.66. The monoisotopic (exact) mass is 555 g/mol. The number of carbonyl (C=O) groups is 2. The molecule has 2 aromatic rings. The van der Waals surface area contributed by atoms with Crippen LogP contribution in [0.2, 0.25) is 0 Å². The van der Waals surface area contributed by atoms with E-state index in [1.807, 2.05) is 43.3 Å². The van der Waals surface area contributed by atoms with Crippen molar-refractivity contribution in [1.82, 2.24) is 16.0 Å². The van der Waals surface area contributed by atoms with Gasteiger partial charge in [-0.15, -0.1) is 24.0 Å². The Kier molecular flexibility index (Phi) is 11.9.